The lowest BCUT2D eigenvalue weighted by Crippen LogP contribution is -2.36. The number of nitrogens with zero attached hydrogens (tertiary/aromatic N) is 3. The van der Waals surface area contributed by atoms with E-state index in [1.807, 2.05) is 11.6 Å². The predicted molar refractivity (Wildman–Crippen MR) is 95.7 cm³/mol. The van der Waals surface area contributed by atoms with E-state index in [1.165, 1.54) is 11.1 Å². The zero-order valence-electron chi connectivity index (χ0n) is 14.1. The molecule has 0 unspecified atom stereocenters. The highest BCUT2D eigenvalue weighted by Gasteiger charge is 2.50. The minimum Gasteiger partial charge on any atom is -0.338 e. The van der Waals surface area contributed by atoms with Gasteiger partial charge in [0, 0.05) is 31.2 Å². The number of amides is 1. The van der Waals surface area contributed by atoms with E-state index < -0.39 is 0 Å². The monoisotopic (exact) mass is 341 g/mol. The number of carbonyl (C=O) groups is 1. The van der Waals surface area contributed by atoms with Gasteiger partial charge in [-0.1, -0.05) is 29.8 Å². The summed E-state index contributed by atoms with van der Waals surface area (Å²) in [5.41, 5.74) is 2.34. The Hall–Kier alpha value is -1.72. The van der Waals surface area contributed by atoms with Crippen molar-refractivity contribution >= 4 is 17.2 Å². The molecule has 1 atom stereocenters. The lowest BCUT2D eigenvalue weighted by molar-refractivity contribution is -0.136. The van der Waals surface area contributed by atoms with Gasteiger partial charge in [0.25, 0.3) is 0 Å². The SMILES string of the molecule is Cc1cccc(CN2CC[C@]3(CCN(Cc4nccs4)C3)C2=O)c1. The smallest absolute Gasteiger partial charge is 0.230 e. The van der Waals surface area contributed by atoms with Gasteiger partial charge in [-0.15, -0.1) is 11.3 Å². The molecule has 3 heterocycles. The number of aryl methyl sites for hydroxylation is 1. The van der Waals surface area contributed by atoms with Crippen LogP contribution in [0.4, 0.5) is 0 Å². The highest BCUT2D eigenvalue weighted by atomic mass is 32.1. The maximum absolute atomic E-state index is 13.1. The van der Waals surface area contributed by atoms with Crippen LogP contribution in [0.3, 0.4) is 0 Å². The van der Waals surface area contributed by atoms with Gasteiger partial charge < -0.3 is 4.90 Å². The molecule has 126 valence electrons. The number of hydrogen-bond acceptors (Lipinski definition) is 4. The number of benzene rings is 1. The van der Waals surface area contributed by atoms with E-state index in [2.05, 4.69) is 46.0 Å². The highest BCUT2D eigenvalue weighted by molar-refractivity contribution is 7.09. The molecule has 2 fully saturated rings. The first-order valence-electron chi connectivity index (χ1n) is 8.60. The molecule has 0 radical (unpaired) electrons. The van der Waals surface area contributed by atoms with Gasteiger partial charge in [0.05, 0.1) is 12.0 Å². The normalized spacial score (nSPS) is 24.4. The molecule has 1 aromatic heterocycles. The third-order valence-electron chi connectivity index (χ3n) is 5.33. The summed E-state index contributed by atoms with van der Waals surface area (Å²) in [5.74, 6) is 0.352. The molecule has 0 saturated carbocycles. The van der Waals surface area contributed by atoms with Gasteiger partial charge in [0.15, 0.2) is 0 Å². The zero-order valence-corrected chi connectivity index (χ0v) is 14.9. The first kappa shape index (κ1) is 15.8. The third-order valence-corrected chi connectivity index (χ3v) is 6.10. The van der Waals surface area contributed by atoms with Crippen molar-refractivity contribution in [3.63, 3.8) is 0 Å². The Morgan fingerprint density at radius 1 is 1.25 bits per heavy atom. The van der Waals surface area contributed by atoms with Crippen LogP contribution in [-0.2, 0) is 17.9 Å². The molecule has 2 aromatic rings. The molecule has 1 aromatic carbocycles. The Kier molecular flexibility index (Phi) is 4.14. The largest absolute Gasteiger partial charge is 0.338 e. The number of likely N-dealkylation sites (tertiary alicyclic amines) is 2. The molecule has 24 heavy (non-hydrogen) atoms. The molecule has 1 spiro atoms. The summed E-state index contributed by atoms with van der Waals surface area (Å²) < 4.78 is 0. The Labute approximate surface area is 147 Å². The molecular formula is C19H23N3OS. The summed E-state index contributed by atoms with van der Waals surface area (Å²) >= 11 is 1.70. The Morgan fingerprint density at radius 3 is 2.92 bits per heavy atom. The second-order valence-corrected chi connectivity index (χ2v) is 8.11. The van der Waals surface area contributed by atoms with E-state index in [9.17, 15) is 4.79 Å². The van der Waals surface area contributed by atoms with Crippen molar-refractivity contribution in [2.24, 2.45) is 5.41 Å². The summed E-state index contributed by atoms with van der Waals surface area (Å²) in [5, 5.41) is 3.17. The molecular weight excluding hydrogens is 318 g/mol. The number of rotatable bonds is 4. The molecule has 2 aliphatic heterocycles. The molecule has 1 amide bonds. The summed E-state index contributed by atoms with van der Waals surface area (Å²) in [6, 6.07) is 8.48. The third kappa shape index (κ3) is 2.98. The van der Waals surface area contributed by atoms with Crippen molar-refractivity contribution in [2.75, 3.05) is 19.6 Å². The second-order valence-electron chi connectivity index (χ2n) is 7.13. The number of thiazole rings is 1. The summed E-state index contributed by atoms with van der Waals surface area (Å²) in [4.78, 5) is 21.9. The van der Waals surface area contributed by atoms with Gasteiger partial charge in [-0.25, -0.2) is 4.98 Å². The van der Waals surface area contributed by atoms with Gasteiger partial charge in [0.1, 0.15) is 5.01 Å². The minimum absolute atomic E-state index is 0.152. The van der Waals surface area contributed by atoms with Crippen molar-refractivity contribution < 1.29 is 4.79 Å². The van der Waals surface area contributed by atoms with E-state index >= 15 is 0 Å². The van der Waals surface area contributed by atoms with Crippen molar-refractivity contribution in [1.29, 1.82) is 0 Å². The van der Waals surface area contributed by atoms with Gasteiger partial charge in [-0.3, -0.25) is 9.69 Å². The standard InChI is InChI=1S/C19H23N3OS/c1-15-3-2-4-16(11-15)12-22-9-6-19(18(22)23)5-8-21(14-19)13-17-20-7-10-24-17/h2-4,7,10-11H,5-6,8-9,12-14H2,1H3/t19-/m0/s1. The zero-order chi connectivity index (χ0) is 16.6. The Bertz CT molecular complexity index is 730. The van der Waals surface area contributed by atoms with E-state index in [4.69, 9.17) is 0 Å². The molecule has 0 aliphatic carbocycles. The van der Waals surface area contributed by atoms with Gasteiger partial charge in [-0.05, 0) is 31.9 Å². The summed E-state index contributed by atoms with van der Waals surface area (Å²) in [6.07, 6.45) is 3.84. The van der Waals surface area contributed by atoms with E-state index in [1.54, 1.807) is 11.3 Å². The minimum atomic E-state index is -0.152. The second kappa shape index (κ2) is 6.30. The van der Waals surface area contributed by atoms with Crippen molar-refractivity contribution in [3.8, 4) is 0 Å². The van der Waals surface area contributed by atoms with Crippen LogP contribution < -0.4 is 0 Å². The molecule has 0 N–H and O–H groups in total. The van der Waals surface area contributed by atoms with Crippen LogP contribution in [-0.4, -0.2) is 40.3 Å². The number of hydrogen-bond donors (Lipinski definition) is 0. The maximum Gasteiger partial charge on any atom is 0.230 e. The van der Waals surface area contributed by atoms with Gasteiger partial charge >= 0.3 is 0 Å². The molecule has 2 aliphatic rings. The highest BCUT2D eigenvalue weighted by Crippen LogP contribution is 2.41. The first-order valence-corrected chi connectivity index (χ1v) is 9.48. The summed E-state index contributed by atoms with van der Waals surface area (Å²) in [6.45, 7) is 6.50. The average molecular weight is 341 g/mol. The van der Waals surface area contributed by atoms with Crippen LogP contribution in [0.25, 0.3) is 0 Å². The van der Waals surface area contributed by atoms with Gasteiger partial charge in [0.2, 0.25) is 5.91 Å². The fraction of sp³-hybridized carbons (Fsp3) is 0.474. The molecule has 0 bridgehead atoms. The lowest BCUT2D eigenvalue weighted by Gasteiger charge is -2.23. The quantitative estimate of drug-likeness (QED) is 0.857. The fourth-order valence-electron chi connectivity index (χ4n) is 4.07. The Morgan fingerprint density at radius 2 is 2.12 bits per heavy atom. The van der Waals surface area contributed by atoms with E-state index in [-0.39, 0.29) is 5.41 Å². The van der Waals surface area contributed by atoms with Crippen LogP contribution in [0, 0.1) is 12.3 Å². The van der Waals surface area contributed by atoms with Gasteiger partial charge in [-0.2, -0.15) is 0 Å². The molecule has 4 nitrogen and oxygen atoms in total. The molecule has 2 saturated heterocycles. The first-order chi connectivity index (χ1) is 11.6. The van der Waals surface area contributed by atoms with Crippen molar-refractivity contribution in [1.82, 2.24) is 14.8 Å². The van der Waals surface area contributed by atoms with Crippen LogP contribution in [0.15, 0.2) is 35.8 Å². The number of aromatic nitrogens is 1. The Balaban J connectivity index is 1.41. The topological polar surface area (TPSA) is 36.4 Å². The number of carbonyl (C=O) groups excluding carboxylic acids is 1. The maximum atomic E-state index is 13.1. The summed E-state index contributed by atoms with van der Waals surface area (Å²) in [7, 11) is 0. The van der Waals surface area contributed by atoms with Crippen LogP contribution in [0.5, 0.6) is 0 Å². The van der Waals surface area contributed by atoms with Crippen molar-refractivity contribution in [3.05, 3.63) is 52.0 Å². The molecule has 5 heteroatoms. The average Bonchev–Trinajstić information content (AvgIpc) is 3.27. The van der Waals surface area contributed by atoms with Crippen LogP contribution in [0.1, 0.15) is 29.0 Å². The molecule has 4 rings (SSSR count). The fourth-order valence-corrected chi connectivity index (χ4v) is 4.73. The van der Waals surface area contributed by atoms with E-state index in [0.29, 0.717) is 5.91 Å². The van der Waals surface area contributed by atoms with Crippen LogP contribution in [0.2, 0.25) is 0 Å². The predicted octanol–water partition coefficient (Wildman–Crippen LogP) is 3.08. The lowest BCUT2D eigenvalue weighted by atomic mass is 9.85. The van der Waals surface area contributed by atoms with Crippen molar-refractivity contribution in [2.45, 2.75) is 32.9 Å². The van der Waals surface area contributed by atoms with E-state index in [0.717, 1.165) is 50.6 Å². The van der Waals surface area contributed by atoms with Crippen LogP contribution >= 0.6 is 11.3 Å².